The van der Waals surface area contributed by atoms with E-state index in [2.05, 4.69) is 58.8 Å². The first kappa shape index (κ1) is 15.4. The molecule has 1 aromatic heterocycles. The van der Waals surface area contributed by atoms with Gasteiger partial charge in [0.2, 0.25) is 0 Å². The van der Waals surface area contributed by atoms with Crippen LogP contribution in [-0.2, 0) is 6.42 Å². The van der Waals surface area contributed by atoms with E-state index in [-0.39, 0.29) is 12.6 Å². The smallest absolute Gasteiger partial charge is 0.0582 e. The molecule has 0 fully saturated rings. The molecule has 1 aliphatic carbocycles. The highest BCUT2D eigenvalue weighted by Crippen LogP contribution is 2.36. The van der Waals surface area contributed by atoms with Crippen LogP contribution in [0.3, 0.4) is 0 Å². The number of aromatic nitrogens is 1. The molecule has 0 unspecified atom stereocenters. The lowest BCUT2D eigenvalue weighted by atomic mass is 9.90. The van der Waals surface area contributed by atoms with Gasteiger partial charge in [-0.3, -0.25) is 0 Å². The zero-order valence-electron chi connectivity index (χ0n) is 14.0. The van der Waals surface area contributed by atoms with Crippen LogP contribution in [-0.4, -0.2) is 22.7 Å². The fraction of sp³-hybridized carbons (Fsp3) is 0.333. The Hall–Kier alpha value is -2.10. The van der Waals surface area contributed by atoms with Crippen molar-refractivity contribution < 1.29 is 5.11 Å². The van der Waals surface area contributed by atoms with Crippen LogP contribution in [0.5, 0.6) is 0 Å². The summed E-state index contributed by atoms with van der Waals surface area (Å²) < 4.78 is 0. The highest BCUT2D eigenvalue weighted by molar-refractivity contribution is 5.89. The van der Waals surface area contributed by atoms with Crippen molar-refractivity contribution >= 4 is 10.9 Å². The highest BCUT2D eigenvalue weighted by Gasteiger charge is 2.25. The quantitative estimate of drug-likeness (QED) is 0.675. The SMILES string of the molecule is C[C@H](CO)N[C@H]1CCCc2c1[nH]c1ccc(-c3ccccc3)cc21. The molecule has 24 heavy (non-hydrogen) atoms. The third-order valence-corrected chi connectivity index (χ3v) is 5.07. The molecule has 124 valence electrons. The number of H-pyrrole nitrogens is 1. The summed E-state index contributed by atoms with van der Waals surface area (Å²) in [5.74, 6) is 0. The minimum Gasteiger partial charge on any atom is -0.395 e. The van der Waals surface area contributed by atoms with E-state index in [9.17, 15) is 5.11 Å². The summed E-state index contributed by atoms with van der Waals surface area (Å²) in [5.41, 5.74) is 6.49. The van der Waals surface area contributed by atoms with Crippen molar-refractivity contribution in [3.05, 3.63) is 59.8 Å². The Kier molecular flexibility index (Phi) is 4.13. The Morgan fingerprint density at radius 3 is 2.79 bits per heavy atom. The minimum atomic E-state index is 0.118. The monoisotopic (exact) mass is 320 g/mol. The summed E-state index contributed by atoms with van der Waals surface area (Å²) in [4.78, 5) is 3.63. The maximum absolute atomic E-state index is 9.34. The summed E-state index contributed by atoms with van der Waals surface area (Å²) >= 11 is 0. The number of benzene rings is 2. The molecule has 1 aliphatic rings. The van der Waals surface area contributed by atoms with Crippen LogP contribution in [0.1, 0.15) is 37.1 Å². The van der Waals surface area contributed by atoms with Gasteiger partial charge in [0.1, 0.15) is 0 Å². The predicted octanol–water partition coefficient (Wildman–Crippen LogP) is 4.18. The van der Waals surface area contributed by atoms with Gasteiger partial charge in [-0.2, -0.15) is 0 Å². The minimum absolute atomic E-state index is 0.118. The van der Waals surface area contributed by atoms with Crippen LogP contribution >= 0.6 is 0 Å². The van der Waals surface area contributed by atoms with Crippen molar-refractivity contribution in [2.75, 3.05) is 6.61 Å². The van der Waals surface area contributed by atoms with Crippen molar-refractivity contribution in [1.29, 1.82) is 0 Å². The lowest BCUT2D eigenvalue weighted by molar-refractivity contribution is 0.235. The average molecular weight is 320 g/mol. The first-order valence-corrected chi connectivity index (χ1v) is 8.83. The molecule has 2 atom stereocenters. The van der Waals surface area contributed by atoms with Gasteiger partial charge < -0.3 is 15.4 Å². The molecule has 0 saturated heterocycles. The molecule has 3 nitrogen and oxygen atoms in total. The summed E-state index contributed by atoms with van der Waals surface area (Å²) in [6, 6.07) is 17.7. The van der Waals surface area contributed by atoms with E-state index in [0.29, 0.717) is 6.04 Å². The molecule has 0 saturated carbocycles. The number of hydrogen-bond donors (Lipinski definition) is 3. The lowest BCUT2D eigenvalue weighted by Crippen LogP contribution is -2.35. The maximum Gasteiger partial charge on any atom is 0.0582 e. The topological polar surface area (TPSA) is 48.0 Å². The van der Waals surface area contributed by atoms with Crippen LogP contribution < -0.4 is 5.32 Å². The normalized spacial score (nSPS) is 18.5. The summed E-state index contributed by atoms with van der Waals surface area (Å²) in [6.07, 6.45) is 3.43. The molecule has 0 spiro atoms. The van der Waals surface area contributed by atoms with Gasteiger partial charge in [-0.1, -0.05) is 36.4 Å². The molecule has 0 radical (unpaired) electrons. The number of aliphatic hydroxyl groups excluding tert-OH is 1. The second-order valence-electron chi connectivity index (χ2n) is 6.84. The van der Waals surface area contributed by atoms with Crippen LogP contribution in [0.2, 0.25) is 0 Å². The number of fused-ring (bicyclic) bond motifs is 3. The molecule has 3 N–H and O–H groups in total. The molecule has 4 rings (SSSR count). The summed E-state index contributed by atoms with van der Waals surface area (Å²) in [5, 5.41) is 14.2. The van der Waals surface area contributed by atoms with Gasteiger partial charge >= 0.3 is 0 Å². The number of aromatic amines is 1. The first-order valence-electron chi connectivity index (χ1n) is 8.83. The fourth-order valence-electron chi connectivity index (χ4n) is 3.84. The van der Waals surface area contributed by atoms with E-state index in [0.717, 1.165) is 12.8 Å². The molecule has 3 aromatic rings. The van der Waals surface area contributed by atoms with Crippen LogP contribution in [0.25, 0.3) is 22.0 Å². The molecule has 0 bridgehead atoms. The molecular formula is C21H24N2O. The van der Waals surface area contributed by atoms with Crippen LogP contribution in [0, 0.1) is 0 Å². The maximum atomic E-state index is 9.34. The number of aliphatic hydroxyl groups is 1. The number of rotatable bonds is 4. The Bertz CT molecular complexity index is 838. The van der Waals surface area contributed by atoms with Gasteiger partial charge in [-0.25, -0.2) is 0 Å². The zero-order chi connectivity index (χ0) is 16.5. The molecular weight excluding hydrogens is 296 g/mol. The van der Waals surface area contributed by atoms with Gasteiger partial charge in [-0.15, -0.1) is 0 Å². The van der Waals surface area contributed by atoms with Crippen molar-refractivity contribution in [2.24, 2.45) is 0 Å². The van der Waals surface area contributed by atoms with Gasteiger partial charge in [0.15, 0.2) is 0 Å². The number of nitrogens with one attached hydrogen (secondary N) is 2. The predicted molar refractivity (Wildman–Crippen MR) is 99.1 cm³/mol. The fourth-order valence-corrected chi connectivity index (χ4v) is 3.84. The van der Waals surface area contributed by atoms with E-state index in [1.54, 1.807) is 0 Å². The molecule has 0 amide bonds. The average Bonchev–Trinajstić information content (AvgIpc) is 3.01. The largest absolute Gasteiger partial charge is 0.395 e. The Morgan fingerprint density at radius 1 is 1.17 bits per heavy atom. The molecule has 1 heterocycles. The van der Waals surface area contributed by atoms with Gasteiger partial charge in [-0.05, 0) is 55.0 Å². The lowest BCUT2D eigenvalue weighted by Gasteiger charge is -2.26. The van der Waals surface area contributed by atoms with E-state index in [1.165, 1.54) is 39.7 Å². The van der Waals surface area contributed by atoms with Gasteiger partial charge in [0, 0.05) is 28.7 Å². The van der Waals surface area contributed by atoms with Crippen molar-refractivity contribution in [3.63, 3.8) is 0 Å². The van der Waals surface area contributed by atoms with E-state index >= 15 is 0 Å². The van der Waals surface area contributed by atoms with Crippen LogP contribution in [0.15, 0.2) is 48.5 Å². The Balaban J connectivity index is 1.76. The van der Waals surface area contributed by atoms with Crippen LogP contribution in [0.4, 0.5) is 0 Å². The second-order valence-corrected chi connectivity index (χ2v) is 6.84. The molecule has 2 aromatic carbocycles. The third-order valence-electron chi connectivity index (χ3n) is 5.07. The van der Waals surface area contributed by atoms with Gasteiger partial charge in [0.25, 0.3) is 0 Å². The third kappa shape index (κ3) is 2.74. The standard InChI is InChI=1S/C21H24N2O/c1-14(13-24)22-20-9-5-8-17-18-12-16(15-6-3-2-4-7-15)10-11-19(18)23-21(17)20/h2-4,6-7,10-12,14,20,22-24H,5,8-9,13H2,1H3/t14-,20+/m1/s1. The van der Waals surface area contributed by atoms with Crippen molar-refractivity contribution in [2.45, 2.75) is 38.3 Å². The second kappa shape index (κ2) is 6.42. The van der Waals surface area contributed by atoms with Gasteiger partial charge in [0.05, 0.1) is 6.61 Å². The summed E-state index contributed by atoms with van der Waals surface area (Å²) in [7, 11) is 0. The Labute approximate surface area is 142 Å². The summed E-state index contributed by atoms with van der Waals surface area (Å²) in [6.45, 7) is 2.20. The molecule has 3 heteroatoms. The zero-order valence-corrected chi connectivity index (χ0v) is 14.0. The number of hydrogen-bond acceptors (Lipinski definition) is 2. The number of aryl methyl sites for hydroxylation is 1. The van der Waals surface area contributed by atoms with E-state index < -0.39 is 0 Å². The Morgan fingerprint density at radius 2 is 2.00 bits per heavy atom. The van der Waals surface area contributed by atoms with Crippen molar-refractivity contribution in [1.82, 2.24) is 10.3 Å². The van der Waals surface area contributed by atoms with E-state index in [4.69, 9.17) is 0 Å². The van der Waals surface area contributed by atoms with E-state index in [1.807, 2.05) is 6.92 Å². The van der Waals surface area contributed by atoms with Crippen molar-refractivity contribution in [3.8, 4) is 11.1 Å². The molecule has 0 aliphatic heterocycles. The highest BCUT2D eigenvalue weighted by atomic mass is 16.3. The first-order chi connectivity index (χ1) is 11.8.